The van der Waals surface area contributed by atoms with E-state index in [4.69, 9.17) is 9.47 Å². The maximum Gasteiger partial charge on any atom is 0.255 e. The molecule has 4 rings (SSSR count). The molecule has 0 bridgehead atoms. The Balaban J connectivity index is 1.46. The van der Waals surface area contributed by atoms with E-state index >= 15 is 0 Å². The highest BCUT2D eigenvalue weighted by atomic mass is 19.1. The predicted octanol–water partition coefficient (Wildman–Crippen LogP) is 4.25. The Morgan fingerprint density at radius 2 is 1.90 bits per heavy atom. The first-order valence-electron chi connectivity index (χ1n) is 9.44. The summed E-state index contributed by atoms with van der Waals surface area (Å²) in [7, 11) is 1.50. The van der Waals surface area contributed by atoms with Gasteiger partial charge in [-0.15, -0.1) is 0 Å². The third-order valence-corrected chi connectivity index (χ3v) is 4.53. The van der Waals surface area contributed by atoms with Crippen LogP contribution in [0.15, 0.2) is 79.4 Å². The molecule has 1 heterocycles. The molecule has 0 aliphatic carbocycles. The van der Waals surface area contributed by atoms with E-state index in [1.807, 2.05) is 30.3 Å². The summed E-state index contributed by atoms with van der Waals surface area (Å²) in [5.41, 5.74) is 1.92. The summed E-state index contributed by atoms with van der Waals surface area (Å²) in [6, 6.07) is 18.9. The molecule has 0 spiro atoms. The van der Waals surface area contributed by atoms with Crippen molar-refractivity contribution in [3.8, 4) is 17.2 Å². The first-order valence-corrected chi connectivity index (χ1v) is 9.44. The summed E-state index contributed by atoms with van der Waals surface area (Å²) in [4.78, 5) is 16.4. The molecule has 4 aromatic rings. The highest BCUT2D eigenvalue weighted by Gasteiger charge is 2.13. The van der Waals surface area contributed by atoms with Crippen molar-refractivity contribution in [1.82, 2.24) is 14.8 Å². The van der Waals surface area contributed by atoms with Crippen LogP contribution in [0.4, 0.5) is 10.1 Å². The summed E-state index contributed by atoms with van der Waals surface area (Å²) in [5, 5.41) is 6.58. The highest BCUT2D eigenvalue weighted by molar-refractivity contribution is 6.04. The zero-order valence-electron chi connectivity index (χ0n) is 16.7. The zero-order valence-corrected chi connectivity index (χ0v) is 16.7. The van der Waals surface area contributed by atoms with Gasteiger partial charge < -0.3 is 14.8 Å². The third kappa shape index (κ3) is 4.69. The number of carbonyl (C=O) groups excluding carboxylic acids is 1. The number of anilines is 1. The lowest BCUT2D eigenvalue weighted by Crippen LogP contribution is -2.13. The SMILES string of the molecule is COc1cc(C(=O)Nc2ccc(-n3cncn3)c(F)c2)ccc1OCc1ccccc1. The van der Waals surface area contributed by atoms with Crippen LogP contribution in [0.2, 0.25) is 0 Å². The molecular formula is C23H19FN4O3. The minimum Gasteiger partial charge on any atom is -0.493 e. The maximum atomic E-state index is 14.4. The van der Waals surface area contributed by atoms with Crippen LogP contribution in [-0.4, -0.2) is 27.8 Å². The van der Waals surface area contributed by atoms with Gasteiger partial charge in [-0.3, -0.25) is 4.79 Å². The number of hydrogen-bond acceptors (Lipinski definition) is 5. The Kier molecular flexibility index (Phi) is 5.89. The molecule has 7 nitrogen and oxygen atoms in total. The van der Waals surface area contributed by atoms with Crippen LogP contribution in [0.3, 0.4) is 0 Å². The van der Waals surface area contributed by atoms with Crippen LogP contribution in [0, 0.1) is 5.82 Å². The first kappa shape index (κ1) is 20.1. The van der Waals surface area contributed by atoms with Crippen molar-refractivity contribution in [2.75, 3.05) is 12.4 Å². The van der Waals surface area contributed by atoms with Crippen LogP contribution >= 0.6 is 0 Å². The quantitative estimate of drug-likeness (QED) is 0.486. The molecule has 0 saturated heterocycles. The largest absolute Gasteiger partial charge is 0.493 e. The van der Waals surface area contributed by atoms with E-state index in [1.54, 1.807) is 24.3 Å². The normalized spacial score (nSPS) is 10.5. The number of halogens is 1. The molecule has 31 heavy (non-hydrogen) atoms. The molecular weight excluding hydrogens is 399 g/mol. The number of carbonyl (C=O) groups is 1. The van der Waals surface area contributed by atoms with E-state index in [9.17, 15) is 9.18 Å². The first-order chi connectivity index (χ1) is 15.1. The van der Waals surface area contributed by atoms with Gasteiger partial charge in [0.25, 0.3) is 5.91 Å². The van der Waals surface area contributed by atoms with Crippen molar-refractivity contribution in [1.29, 1.82) is 0 Å². The number of ether oxygens (including phenoxy) is 2. The number of amides is 1. The minimum atomic E-state index is -0.537. The standard InChI is InChI=1S/C23H19FN4O3/c1-30-22-11-17(7-10-21(22)31-13-16-5-3-2-4-6-16)23(29)27-18-8-9-20(19(24)12-18)28-15-25-14-26-28/h2-12,14-15H,13H2,1H3,(H,27,29). The molecule has 0 atom stereocenters. The van der Waals surface area contributed by atoms with Gasteiger partial charge in [-0.2, -0.15) is 5.10 Å². The van der Waals surface area contributed by atoms with Gasteiger partial charge in [-0.25, -0.2) is 14.1 Å². The number of nitrogens with zero attached hydrogens (tertiary/aromatic N) is 3. The van der Waals surface area contributed by atoms with E-state index in [-0.39, 0.29) is 5.69 Å². The van der Waals surface area contributed by atoms with Crippen molar-refractivity contribution < 1.29 is 18.7 Å². The fraction of sp³-hybridized carbons (Fsp3) is 0.0870. The summed E-state index contributed by atoms with van der Waals surface area (Å²) in [5.74, 6) is 0.00813. The van der Waals surface area contributed by atoms with Crippen molar-refractivity contribution in [2.45, 2.75) is 6.61 Å². The average molecular weight is 418 g/mol. The average Bonchev–Trinajstić information content (AvgIpc) is 3.33. The molecule has 1 aromatic heterocycles. The lowest BCUT2D eigenvalue weighted by molar-refractivity contribution is 0.102. The van der Waals surface area contributed by atoms with Gasteiger partial charge in [0.2, 0.25) is 0 Å². The summed E-state index contributed by atoms with van der Waals surface area (Å²) in [6.45, 7) is 0.375. The lowest BCUT2D eigenvalue weighted by Gasteiger charge is -2.13. The number of benzene rings is 3. The predicted molar refractivity (Wildman–Crippen MR) is 113 cm³/mol. The van der Waals surface area contributed by atoms with Gasteiger partial charge in [-0.05, 0) is 42.0 Å². The number of nitrogens with one attached hydrogen (secondary N) is 1. The van der Waals surface area contributed by atoms with E-state index < -0.39 is 11.7 Å². The number of hydrogen-bond donors (Lipinski definition) is 1. The summed E-state index contributed by atoms with van der Waals surface area (Å²) in [6.07, 6.45) is 2.71. The Hall–Kier alpha value is -4.20. The molecule has 156 valence electrons. The zero-order chi connectivity index (χ0) is 21.6. The Morgan fingerprint density at radius 1 is 1.06 bits per heavy atom. The number of methoxy groups -OCH3 is 1. The monoisotopic (exact) mass is 418 g/mol. The van der Waals surface area contributed by atoms with Crippen molar-refractivity contribution in [2.24, 2.45) is 0 Å². The van der Waals surface area contributed by atoms with Gasteiger partial charge in [0.15, 0.2) is 17.3 Å². The minimum absolute atomic E-state index is 0.233. The van der Waals surface area contributed by atoms with Crippen LogP contribution in [0.25, 0.3) is 5.69 Å². The molecule has 0 aliphatic rings. The topological polar surface area (TPSA) is 78.3 Å². The van der Waals surface area contributed by atoms with E-state index in [2.05, 4.69) is 15.4 Å². The molecule has 0 fully saturated rings. The van der Waals surface area contributed by atoms with E-state index in [1.165, 1.54) is 36.6 Å². The molecule has 1 N–H and O–H groups in total. The van der Waals surface area contributed by atoms with E-state index in [0.29, 0.717) is 29.4 Å². The Labute approximate surface area is 178 Å². The fourth-order valence-electron chi connectivity index (χ4n) is 2.97. The molecule has 3 aromatic carbocycles. The second-order valence-corrected chi connectivity index (χ2v) is 6.60. The van der Waals surface area contributed by atoms with Gasteiger partial charge in [0.05, 0.1) is 7.11 Å². The second kappa shape index (κ2) is 9.08. The molecule has 1 amide bonds. The number of rotatable bonds is 7. The fourth-order valence-corrected chi connectivity index (χ4v) is 2.97. The third-order valence-electron chi connectivity index (χ3n) is 4.53. The Bertz CT molecular complexity index is 1180. The second-order valence-electron chi connectivity index (χ2n) is 6.60. The van der Waals surface area contributed by atoms with Crippen LogP contribution < -0.4 is 14.8 Å². The van der Waals surface area contributed by atoms with Gasteiger partial charge in [-0.1, -0.05) is 30.3 Å². The van der Waals surface area contributed by atoms with Crippen molar-refractivity contribution in [3.05, 3.63) is 96.3 Å². The van der Waals surface area contributed by atoms with Crippen LogP contribution in [0.1, 0.15) is 15.9 Å². The molecule has 8 heteroatoms. The lowest BCUT2D eigenvalue weighted by atomic mass is 10.1. The molecule has 0 unspecified atom stereocenters. The van der Waals surface area contributed by atoms with Gasteiger partial charge >= 0.3 is 0 Å². The molecule has 0 radical (unpaired) electrons. The van der Waals surface area contributed by atoms with Gasteiger partial charge in [0.1, 0.15) is 24.9 Å². The van der Waals surface area contributed by atoms with Crippen LogP contribution in [0.5, 0.6) is 11.5 Å². The smallest absolute Gasteiger partial charge is 0.255 e. The van der Waals surface area contributed by atoms with Crippen LogP contribution in [-0.2, 0) is 6.61 Å². The Morgan fingerprint density at radius 3 is 2.61 bits per heavy atom. The van der Waals surface area contributed by atoms with Crippen molar-refractivity contribution >= 4 is 11.6 Å². The summed E-state index contributed by atoms with van der Waals surface area (Å²) < 4.78 is 26.9. The molecule has 0 aliphatic heterocycles. The molecule has 0 saturated carbocycles. The number of aromatic nitrogens is 3. The van der Waals surface area contributed by atoms with Gasteiger partial charge in [0, 0.05) is 11.3 Å². The highest BCUT2D eigenvalue weighted by Crippen LogP contribution is 2.29. The van der Waals surface area contributed by atoms with Crippen molar-refractivity contribution in [3.63, 3.8) is 0 Å². The maximum absolute atomic E-state index is 14.4. The van der Waals surface area contributed by atoms with E-state index in [0.717, 1.165) is 5.56 Å². The summed E-state index contributed by atoms with van der Waals surface area (Å²) >= 11 is 0.